The number of amides is 1. The van der Waals surface area contributed by atoms with Crippen LogP contribution in [0.1, 0.15) is 19.8 Å². The average Bonchev–Trinajstić information content (AvgIpc) is 2.31. The van der Waals surface area contributed by atoms with Crippen LogP contribution in [0, 0.1) is 5.92 Å². The summed E-state index contributed by atoms with van der Waals surface area (Å²) in [7, 11) is 0. The molecule has 1 amide bonds. The first-order valence-electron chi connectivity index (χ1n) is 5.89. The van der Waals surface area contributed by atoms with Crippen LogP contribution < -0.4 is 5.32 Å². The van der Waals surface area contributed by atoms with Crippen LogP contribution in [0.4, 0.5) is 0 Å². The zero-order valence-electron chi connectivity index (χ0n) is 10.1. The van der Waals surface area contributed by atoms with Crippen molar-refractivity contribution in [3.8, 4) is 0 Å². The summed E-state index contributed by atoms with van der Waals surface area (Å²) in [5, 5.41) is 2.84. The Kier molecular flexibility index (Phi) is 4.06. The molecule has 0 saturated carbocycles. The Hall–Kier alpha value is -1.30. The molecule has 6 heteroatoms. The molecular formula is C12H15BrN2O3. The number of hydrogen-bond donors (Lipinski definition) is 1. The van der Waals surface area contributed by atoms with Gasteiger partial charge in [0.25, 0.3) is 0 Å². The lowest BCUT2D eigenvalue weighted by Gasteiger charge is -2.30. The van der Waals surface area contributed by atoms with Gasteiger partial charge in [0.1, 0.15) is 0 Å². The van der Waals surface area contributed by atoms with Crippen LogP contribution in [-0.4, -0.2) is 29.0 Å². The number of carbonyl (C=O) groups is 2. The number of hydrogen-bond acceptors (Lipinski definition) is 4. The number of halogens is 1. The van der Waals surface area contributed by atoms with Gasteiger partial charge in [-0.25, -0.2) is 0 Å². The predicted octanol–water partition coefficient (Wildman–Crippen LogP) is 1.47. The van der Waals surface area contributed by atoms with Gasteiger partial charge < -0.3 is 14.0 Å². The largest absolute Gasteiger partial charge is 0.466 e. The van der Waals surface area contributed by atoms with Crippen molar-refractivity contribution >= 4 is 28.0 Å². The summed E-state index contributed by atoms with van der Waals surface area (Å²) in [6, 6.07) is 0. The minimum atomic E-state index is -0.324. The molecule has 1 atom stereocenters. The summed E-state index contributed by atoms with van der Waals surface area (Å²) in [5.74, 6) is -0.742. The van der Waals surface area contributed by atoms with E-state index in [4.69, 9.17) is 4.74 Å². The van der Waals surface area contributed by atoms with Gasteiger partial charge in [-0.15, -0.1) is 0 Å². The van der Waals surface area contributed by atoms with Gasteiger partial charge in [0.05, 0.1) is 25.5 Å². The molecule has 1 N–H and O–H groups in total. The molecule has 18 heavy (non-hydrogen) atoms. The van der Waals surface area contributed by atoms with Gasteiger partial charge in [-0.2, -0.15) is 0 Å². The maximum atomic E-state index is 11.9. The zero-order valence-corrected chi connectivity index (χ0v) is 11.7. The van der Waals surface area contributed by atoms with E-state index in [0.717, 1.165) is 11.3 Å². The smallest absolute Gasteiger partial charge is 0.306 e. The quantitative estimate of drug-likeness (QED) is 0.633. The third-order valence-corrected chi connectivity index (χ3v) is 3.45. The van der Waals surface area contributed by atoms with E-state index >= 15 is 0 Å². The molecule has 0 aromatic carbocycles. The van der Waals surface area contributed by atoms with E-state index in [0.29, 0.717) is 19.6 Å². The van der Waals surface area contributed by atoms with Crippen molar-refractivity contribution in [2.75, 3.05) is 13.2 Å². The van der Waals surface area contributed by atoms with Crippen LogP contribution in [0.2, 0.25) is 0 Å². The minimum absolute atomic E-state index is 0.102. The van der Waals surface area contributed by atoms with Crippen LogP contribution >= 0.6 is 16.1 Å². The number of esters is 1. The van der Waals surface area contributed by atoms with Crippen molar-refractivity contribution in [1.29, 1.82) is 0 Å². The van der Waals surface area contributed by atoms with Crippen LogP contribution in [-0.2, 0) is 14.3 Å². The van der Waals surface area contributed by atoms with E-state index in [1.165, 1.54) is 0 Å². The molecule has 0 aromatic heterocycles. The van der Waals surface area contributed by atoms with Crippen molar-refractivity contribution in [2.24, 2.45) is 5.92 Å². The minimum Gasteiger partial charge on any atom is -0.466 e. The fourth-order valence-electron chi connectivity index (χ4n) is 2.11. The molecule has 0 aliphatic carbocycles. The first kappa shape index (κ1) is 13.1. The normalized spacial score (nSPS) is 22.7. The fraction of sp³-hybridized carbons (Fsp3) is 0.500. The van der Waals surface area contributed by atoms with Crippen LogP contribution in [0.25, 0.3) is 0 Å². The molecule has 0 radical (unpaired) electrons. The van der Waals surface area contributed by atoms with Gasteiger partial charge in [-0.05, 0) is 25.0 Å². The first-order valence-corrected chi connectivity index (χ1v) is 6.60. The van der Waals surface area contributed by atoms with Crippen LogP contribution in [0.15, 0.2) is 23.5 Å². The van der Waals surface area contributed by atoms with Crippen LogP contribution in [0.5, 0.6) is 0 Å². The average molecular weight is 315 g/mol. The lowest BCUT2D eigenvalue weighted by atomic mass is 9.89. The Bertz CT molecular complexity index is 431. The summed E-state index contributed by atoms with van der Waals surface area (Å²) in [6.07, 6.45) is 4.45. The maximum absolute atomic E-state index is 11.9. The van der Waals surface area contributed by atoms with Gasteiger partial charge >= 0.3 is 5.97 Å². The summed E-state index contributed by atoms with van der Waals surface area (Å²) >= 11 is 3.37. The van der Waals surface area contributed by atoms with Gasteiger partial charge in [-0.1, -0.05) is 0 Å². The molecule has 2 rings (SSSR count). The highest BCUT2D eigenvalue weighted by atomic mass is 79.9. The topological polar surface area (TPSA) is 58.6 Å². The Morgan fingerprint density at radius 2 is 2.44 bits per heavy atom. The van der Waals surface area contributed by atoms with Gasteiger partial charge in [0.15, 0.2) is 0 Å². The molecule has 0 aromatic rings. The van der Waals surface area contributed by atoms with Crippen molar-refractivity contribution < 1.29 is 14.3 Å². The second-order valence-corrected chi connectivity index (χ2v) is 5.20. The van der Waals surface area contributed by atoms with Gasteiger partial charge in [0, 0.05) is 28.0 Å². The SMILES string of the molecule is CCOC(=O)CC1CC2=C(C=CN(Br)C2)NC1=O. The molecular weight excluding hydrogens is 300 g/mol. The molecule has 2 heterocycles. The Morgan fingerprint density at radius 3 is 3.17 bits per heavy atom. The molecule has 0 fully saturated rings. The number of allylic oxidation sites excluding steroid dienone is 1. The first-order chi connectivity index (χ1) is 8.60. The standard InChI is InChI=1S/C12H15BrN2O3/c1-2-18-11(16)6-8-5-9-7-15(13)4-3-10(9)14-12(8)17/h3-4,8H,2,5-7H2,1H3,(H,14,17). The third kappa shape index (κ3) is 2.93. The van der Waals surface area contributed by atoms with Gasteiger partial charge in [-0.3, -0.25) is 9.59 Å². The van der Waals surface area contributed by atoms with Gasteiger partial charge in [0.2, 0.25) is 5.91 Å². The Morgan fingerprint density at radius 1 is 1.67 bits per heavy atom. The fourth-order valence-corrected chi connectivity index (χ4v) is 2.53. The number of rotatable bonds is 3. The van der Waals surface area contributed by atoms with E-state index in [1.807, 2.05) is 16.2 Å². The molecule has 0 bridgehead atoms. The van der Waals surface area contributed by atoms with Crippen molar-refractivity contribution in [2.45, 2.75) is 19.8 Å². The van der Waals surface area contributed by atoms with E-state index in [2.05, 4.69) is 21.5 Å². The maximum Gasteiger partial charge on any atom is 0.306 e. The van der Waals surface area contributed by atoms with E-state index < -0.39 is 0 Å². The Balaban J connectivity index is 2.03. The predicted molar refractivity (Wildman–Crippen MR) is 69.3 cm³/mol. The van der Waals surface area contributed by atoms with E-state index in [9.17, 15) is 9.59 Å². The second-order valence-electron chi connectivity index (χ2n) is 4.29. The lowest BCUT2D eigenvalue weighted by Crippen LogP contribution is -2.39. The van der Waals surface area contributed by atoms with Crippen molar-refractivity contribution in [1.82, 2.24) is 9.24 Å². The summed E-state index contributed by atoms with van der Waals surface area (Å²) in [6.45, 7) is 2.82. The molecule has 1 unspecified atom stereocenters. The summed E-state index contributed by atoms with van der Waals surface area (Å²) in [4.78, 5) is 23.3. The summed E-state index contributed by atoms with van der Waals surface area (Å²) < 4.78 is 6.75. The Labute approximate surface area is 114 Å². The molecule has 0 saturated heterocycles. The number of nitrogens with one attached hydrogen (secondary N) is 1. The summed E-state index contributed by atoms with van der Waals surface area (Å²) in [5.41, 5.74) is 1.99. The molecule has 2 aliphatic rings. The van der Waals surface area contributed by atoms with E-state index in [1.54, 1.807) is 6.92 Å². The molecule has 0 spiro atoms. The monoisotopic (exact) mass is 314 g/mol. The third-order valence-electron chi connectivity index (χ3n) is 2.97. The molecule has 98 valence electrons. The van der Waals surface area contributed by atoms with Crippen molar-refractivity contribution in [3.63, 3.8) is 0 Å². The highest BCUT2D eigenvalue weighted by Crippen LogP contribution is 2.28. The lowest BCUT2D eigenvalue weighted by molar-refractivity contribution is -0.146. The second kappa shape index (κ2) is 5.56. The molecule has 5 nitrogen and oxygen atoms in total. The highest BCUT2D eigenvalue weighted by Gasteiger charge is 2.30. The van der Waals surface area contributed by atoms with Crippen LogP contribution in [0.3, 0.4) is 0 Å². The highest BCUT2D eigenvalue weighted by molar-refractivity contribution is 9.07. The molecule has 2 aliphatic heterocycles. The number of carbonyl (C=O) groups excluding carboxylic acids is 2. The zero-order chi connectivity index (χ0) is 13.1. The number of nitrogens with zero attached hydrogens (tertiary/aromatic N) is 1. The van der Waals surface area contributed by atoms with E-state index in [-0.39, 0.29) is 24.2 Å². The number of ether oxygens (including phenoxy) is 1. The van der Waals surface area contributed by atoms with Crippen molar-refractivity contribution in [3.05, 3.63) is 23.5 Å².